The lowest BCUT2D eigenvalue weighted by molar-refractivity contribution is -0.136. The largest absolute Gasteiger partial charge is 0.444 e. The fraction of sp³-hybridized carbons (Fsp3) is 0.800. The summed E-state index contributed by atoms with van der Waals surface area (Å²) in [7, 11) is 0. The van der Waals surface area contributed by atoms with Crippen LogP contribution in [0.3, 0.4) is 0 Å². The summed E-state index contributed by atoms with van der Waals surface area (Å²) in [6.07, 6.45) is 5.40. The molecule has 3 heterocycles. The Bertz CT molecular complexity index is 599. The van der Waals surface area contributed by atoms with Gasteiger partial charge in [0.15, 0.2) is 0 Å². The van der Waals surface area contributed by atoms with Crippen LogP contribution in [0.5, 0.6) is 0 Å². The first kappa shape index (κ1) is 19.4. The molecule has 2 aliphatic heterocycles. The zero-order valence-corrected chi connectivity index (χ0v) is 16.8. The molecule has 2 aliphatic rings. The molecule has 0 aliphatic carbocycles. The normalized spacial score (nSPS) is 23.4. The molecule has 0 spiro atoms. The zero-order chi connectivity index (χ0) is 18.7. The van der Waals surface area contributed by atoms with Gasteiger partial charge < -0.3 is 9.32 Å². The average Bonchev–Trinajstić information content (AvgIpc) is 3.06. The van der Waals surface area contributed by atoms with E-state index in [1.807, 2.05) is 6.20 Å². The summed E-state index contributed by atoms with van der Waals surface area (Å²) in [6, 6.07) is 0.402. The molecule has 0 N–H and O–H groups in total. The van der Waals surface area contributed by atoms with Crippen LogP contribution in [-0.2, 0) is 16.8 Å². The van der Waals surface area contributed by atoms with Crippen LogP contribution < -0.4 is 0 Å². The van der Waals surface area contributed by atoms with E-state index in [-0.39, 0.29) is 5.41 Å². The van der Waals surface area contributed by atoms with Gasteiger partial charge in [-0.25, -0.2) is 4.98 Å². The van der Waals surface area contributed by atoms with Crippen molar-refractivity contribution in [2.75, 3.05) is 39.3 Å². The lowest BCUT2D eigenvalue weighted by Crippen LogP contribution is -2.51. The van der Waals surface area contributed by atoms with Crippen molar-refractivity contribution < 1.29 is 9.21 Å². The Hall–Kier alpha value is -1.40. The van der Waals surface area contributed by atoms with Gasteiger partial charge in [0.2, 0.25) is 11.8 Å². The van der Waals surface area contributed by atoms with Crippen molar-refractivity contribution >= 4 is 5.91 Å². The lowest BCUT2D eigenvalue weighted by atomic mass is 9.94. The van der Waals surface area contributed by atoms with Gasteiger partial charge >= 0.3 is 0 Å². The summed E-state index contributed by atoms with van der Waals surface area (Å²) in [5.41, 5.74) is -0.00407. The number of hydrogen-bond acceptors (Lipinski definition) is 5. The van der Waals surface area contributed by atoms with E-state index in [0.29, 0.717) is 18.5 Å². The minimum atomic E-state index is -0.00407. The molecule has 0 aromatic carbocycles. The van der Waals surface area contributed by atoms with Crippen molar-refractivity contribution in [1.29, 1.82) is 0 Å². The quantitative estimate of drug-likeness (QED) is 0.824. The van der Waals surface area contributed by atoms with Crippen molar-refractivity contribution in [1.82, 2.24) is 19.7 Å². The van der Waals surface area contributed by atoms with Gasteiger partial charge in [-0.2, -0.15) is 0 Å². The zero-order valence-electron chi connectivity index (χ0n) is 16.8. The van der Waals surface area contributed by atoms with Crippen molar-refractivity contribution in [3.63, 3.8) is 0 Å². The van der Waals surface area contributed by atoms with Crippen LogP contribution in [0.4, 0.5) is 0 Å². The third kappa shape index (κ3) is 4.86. The maximum atomic E-state index is 12.6. The van der Waals surface area contributed by atoms with Crippen LogP contribution in [0.15, 0.2) is 10.6 Å². The van der Waals surface area contributed by atoms with Gasteiger partial charge in [0, 0.05) is 44.2 Å². The Morgan fingerprint density at radius 3 is 2.46 bits per heavy atom. The number of carbonyl (C=O) groups excluding carboxylic acids is 1. The van der Waals surface area contributed by atoms with Gasteiger partial charge in [0.1, 0.15) is 5.76 Å². The second-order valence-corrected chi connectivity index (χ2v) is 8.85. The van der Waals surface area contributed by atoms with Crippen LogP contribution >= 0.6 is 0 Å². The summed E-state index contributed by atoms with van der Waals surface area (Å²) in [4.78, 5) is 23.8. The van der Waals surface area contributed by atoms with E-state index in [9.17, 15) is 4.79 Å². The van der Waals surface area contributed by atoms with Gasteiger partial charge in [-0.15, -0.1) is 0 Å². The Labute approximate surface area is 157 Å². The molecule has 26 heavy (non-hydrogen) atoms. The van der Waals surface area contributed by atoms with E-state index in [1.165, 1.54) is 6.42 Å². The molecule has 1 aromatic heterocycles. The topological polar surface area (TPSA) is 52.8 Å². The molecule has 146 valence electrons. The standard InChI is InChI=1S/C20H34N4O2/c1-16-7-5-6-8-24(16)19(25)15-23-11-9-22(10-12-23)14-18-21-13-17(26-18)20(2,3)4/h13,16H,5-12,14-15H2,1-4H3. The molecule has 1 aromatic rings. The van der Waals surface area contributed by atoms with Crippen molar-refractivity contribution in [3.8, 4) is 0 Å². The summed E-state index contributed by atoms with van der Waals surface area (Å²) < 4.78 is 5.91. The number of hydrogen-bond donors (Lipinski definition) is 0. The van der Waals surface area contributed by atoms with E-state index in [2.05, 4.69) is 47.4 Å². The predicted octanol–water partition coefficient (Wildman–Crippen LogP) is 2.49. The van der Waals surface area contributed by atoms with Gasteiger partial charge in [0.05, 0.1) is 19.3 Å². The highest BCUT2D eigenvalue weighted by atomic mass is 16.4. The molecule has 0 radical (unpaired) electrons. The molecular weight excluding hydrogens is 328 g/mol. The van der Waals surface area contributed by atoms with E-state index in [4.69, 9.17) is 4.42 Å². The van der Waals surface area contributed by atoms with E-state index < -0.39 is 0 Å². The molecule has 1 amide bonds. The molecule has 3 rings (SSSR count). The van der Waals surface area contributed by atoms with Gasteiger partial charge in [-0.05, 0) is 26.2 Å². The SMILES string of the molecule is CC1CCCCN1C(=O)CN1CCN(Cc2ncc(C(C)(C)C)o2)CC1. The number of piperazine rings is 1. The van der Waals surface area contributed by atoms with Crippen LogP contribution in [0.1, 0.15) is 58.6 Å². The molecule has 2 fully saturated rings. The van der Waals surface area contributed by atoms with Crippen molar-refractivity contribution in [3.05, 3.63) is 17.8 Å². The maximum absolute atomic E-state index is 12.6. The minimum Gasteiger partial charge on any atom is -0.444 e. The third-order valence-corrected chi connectivity index (χ3v) is 5.60. The van der Waals surface area contributed by atoms with Gasteiger partial charge in [-0.1, -0.05) is 20.8 Å². The van der Waals surface area contributed by atoms with Crippen LogP contribution in [0.2, 0.25) is 0 Å². The fourth-order valence-corrected chi connectivity index (χ4v) is 3.78. The summed E-state index contributed by atoms with van der Waals surface area (Å²) in [5.74, 6) is 2.03. The number of piperidine rings is 1. The Morgan fingerprint density at radius 1 is 1.15 bits per heavy atom. The minimum absolute atomic E-state index is 0.00407. The van der Waals surface area contributed by atoms with E-state index in [1.54, 1.807) is 0 Å². The smallest absolute Gasteiger partial charge is 0.236 e. The monoisotopic (exact) mass is 362 g/mol. The molecule has 0 bridgehead atoms. The first-order valence-corrected chi connectivity index (χ1v) is 10.0. The second kappa shape index (κ2) is 8.09. The van der Waals surface area contributed by atoms with Gasteiger partial charge in [-0.3, -0.25) is 14.6 Å². The number of oxazole rings is 1. The molecule has 6 heteroatoms. The highest BCUT2D eigenvalue weighted by molar-refractivity contribution is 5.78. The number of amides is 1. The molecule has 6 nitrogen and oxygen atoms in total. The number of rotatable bonds is 4. The lowest BCUT2D eigenvalue weighted by Gasteiger charge is -2.37. The van der Waals surface area contributed by atoms with Crippen molar-refractivity contribution in [2.24, 2.45) is 0 Å². The first-order chi connectivity index (χ1) is 12.3. The average molecular weight is 363 g/mol. The summed E-state index contributed by atoms with van der Waals surface area (Å²) in [6.45, 7) is 14.6. The van der Waals surface area contributed by atoms with Crippen LogP contribution in [0.25, 0.3) is 0 Å². The maximum Gasteiger partial charge on any atom is 0.236 e. The molecule has 1 atom stereocenters. The fourth-order valence-electron chi connectivity index (χ4n) is 3.78. The van der Waals surface area contributed by atoms with Gasteiger partial charge in [0.25, 0.3) is 0 Å². The van der Waals surface area contributed by atoms with Crippen LogP contribution in [0, 0.1) is 0 Å². The number of likely N-dealkylation sites (tertiary alicyclic amines) is 1. The van der Waals surface area contributed by atoms with Crippen molar-refractivity contribution in [2.45, 2.75) is 65.0 Å². The third-order valence-electron chi connectivity index (χ3n) is 5.60. The molecular formula is C20H34N4O2. The number of nitrogens with zero attached hydrogens (tertiary/aromatic N) is 4. The van der Waals surface area contributed by atoms with E-state index >= 15 is 0 Å². The Balaban J connectivity index is 1.44. The highest BCUT2D eigenvalue weighted by Gasteiger charge is 2.27. The second-order valence-electron chi connectivity index (χ2n) is 8.85. The van der Waals surface area contributed by atoms with E-state index in [0.717, 1.165) is 63.8 Å². The Morgan fingerprint density at radius 2 is 1.85 bits per heavy atom. The summed E-state index contributed by atoms with van der Waals surface area (Å²) >= 11 is 0. The molecule has 0 saturated carbocycles. The molecule has 2 saturated heterocycles. The van der Waals surface area contributed by atoms with Crippen LogP contribution in [-0.4, -0.2) is 70.9 Å². The highest BCUT2D eigenvalue weighted by Crippen LogP contribution is 2.23. The Kier molecular flexibility index (Phi) is 6.03. The molecule has 1 unspecified atom stereocenters. The predicted molar refractivity (Wildman–Crippen MR) is 102 cm³/mol. The number of aromatic nitrogens is 1. The summed E-state index contributed by atoms with van der Waals surface area (Å²) in [5, 5.41) is 0. The first-order valence-electron chi connectivity index (χ1n) is 10.0. The number of carbonyl (C=O) groups is 1.